The van der Waals surface area contributed by atoms with Gasteiger partial charge in [0, 0.05) is 30.9 Å². The Kier molecular flexibility index (Phi) is 7.81. The zero-order valence-corrected chi connectivity index (χ0v) is 10.8. The van der Waals surface area contributed by atoms with Crippen LogP contribution in [0.15, 0.2) is 18.2 Å². The van der Waals surface area contributed by atoms with Crippen LogP contribution in [0, 0.1) is 11.6 Å². The minimum Gasteiger partial charge on any atom is -0.367 e. The van der Waals surface area contributed by atoms with Crippen LogP contribution in [0.1, 0.15) is 0 Å². The third kappa shape index (κ3) is 4.32. The number of nitrogens with zero attached hydrogens (tertiary/aromatic N) is 1. The van der Waals surface area contributed by atoms with Gasteiger partial charge < -0.3 is 4.90 Å². The summed E-state index contributed by atoms with van der Waals surface area (Å²) in [6, 6.07) is 3.33. The summed E-state index contributed by atoms with van der Waals surface area (Å²) in [5.41, 5.74) is 0.205. The first-order valence-electron chi connectivity index (χ1n) is 4.51. The highest BCUT2D eigenvalue weighted by Crippen LogP contribution is 2.20. The van der Waals surface area contributed by atoms with Gasteiger partial charge in [0.2, 0.25) is 0 Å². The lowest BCUT2D eigenvalue weighted by molar-refractivity contribution is 0.595. The number of hydrogen-bond donors (Lipinski definition) is 0. The highest BCUT2D eigenvalue weighted by atomic mass is 35.5. The van der Waals surface area contributed by atoms with Gasteiger partial charge in [-0.2, -0.15) is 0 Å². The molecule has 16 heavy (non-hydrogen) atoms. The third-order valence-electron chi connectivity index (χ3n) is 1.96. The molecule has 0 aliphatic rings. The molecule has 92 valence electrons. The molecule has 0 atom stereocenters. The van der Waals surface area contributed by atoms with Crippen molar-refractivity contribution in [2.45, 2.75) is 0 Å². The first-order valence-corrected chi connectivity index (χ1v) is 5.58. The topological polar surface area (TPSA) is 3.24 Å². The maximum atomic E-state index is 13.4. The molecule has 0 aliphatic carbocycles. The molecule has 0 unspecified atom stereocenters. The van der Waals surface area contributed by atoms with Crippen molar-refractivity contribution < 1.29 is 8.78 Å². The lowest BCUT2D eigenvalue weighted by Crippen LogP contribution is -2.28. The zero-order chi connectivity index (χ0) is 11.3. The Labute approximate surface area is 110 Å². The van der Waals surface area contributed by atoms with E-state index in [0.717, 1.165) is 18.2 Å². The molecule has 0 aliphatic heterocycles. The molecule has 0 heterocycles. The Morgan fingerprint density at radius 1 is 1.06 bits per heavy atom. The quantitative estimate of drug-likeness (QED) is 0.748. The van der Waals surface area contributed by atoms with E-state index in [1.54, 1.807) is 4.90 Å². The number of halogens is 5. The highest BCUT2D eigenvalue weighted by Gasteiger charge is 2.11. The Morgan fingerprint density at radius 3 is 2.12 bits per heavy atom. The van der Waals surface area contributed by atoms with Crippen molar-refractivity contribution in [2.24, 2.45) is 0 Å². The fraction of sp³-hybridized carbons (Fsp3) is 0.400. The summed E-state index contributed by atoms with van der Waals surface area (Å²) in [7, 11) is 0. The molecule has 1 nitrogen and oxygen atoms in total. The molecule has 0 amide bonds. The van der Waals surface area contributed by atoms with Gasteiger partial charge in [-0.1, -0.05) is 0 Å². The molecule has 0 aromatic heterocycles. The SMILES string of the molecule is Cl.Fc1ccc(F)c(N(CCCl)CCCl)c1. The van der Waals surface area contributed by atoms with E-state index in [2.05, 4.69) is 0 Å². The summed E-state index contributed by atoms with van der Waals surface area (Å²) in [5.74, 6) is -0.258. The monoisotopic (exact) mass is 289 g/mol. The second-order valence-electron chi connectivity index (χ2n) is 2.96. The molecule has 0 spiro atoms. The summed E-state index contributed by atoms with van der Waals surface area (Å²) in [6.45, 7) is 0.878. The third-order valence-corrected chi connectivity index (χ3v) is 2.30. The van der Waals surface area contributed by atoms with Crippen LogP contribution in [0.5, 0.6) is 0 Å². The molecule has 0 radical (unpaired) electrons. The summed E-state index contributed by atoms with van der Waals surface area (Å²) >= 11 is 11.1. The van der Waals surface area contributed by atoms with Crippen LogP contribution in [-0.2, 0) is 0 Å². The fourth-order valence-corrected chi connectivity index (χ4v) is 1.69. The minimum atomic E-state index is -0.472. The van der Waals surface area contributed by atoms with Crippen LogP contribution in [0.4, 0.5) is 14.5 Å². The van der Waals surface area contributed by atoms with E-state index in [9.17, 15) is 8.78 Å². The number of rotatable bonds is 5. The number of anilines is 1. The normalized spacial score (nSPS) is 9.75. The average molecular weight is 291 g/mol. The fourth-order valence-electron chi connectivity index (χ4n) is 1.28. The molecular weight excluding hydrogens is 278 g/mol. The lowest BCUT2D eigenvalue weighted by atomic mass is 10.2. The van der Waals surface area contributed by atoms with Gasteiger partial charge >= 0.3 is 0 Å². The van der Waals surface area contributed by atoms with Crippen molar-refractivity contribution in [1.29, 1.82) is 0 Å². The molecule has 6 heteroatoms. The van der Waals surface area contributed by atoms with Crippen LogP contribution < -0.4 is 4.90 Å². The van der Waals surface area contributed by atoms with Crippen LogP contribution in [0.2, 0.25) is 0 Å². The van der Waals surface area contributed by atoms with Gasteiger partial charge in [0.25, 0.3) is 0 Å². The van der Waals surface area contributed by atoms with Gasteiger partial charge in [-0.25, -0.2) is 8.78 Å². The molecule has 1 aromatic carbocycles. The van der Waals surface area contributed by atoms with Crippen molar-refractivity contribution in [2.75, 3.05) is 29.7 Å². The summed E-state index contributed by atoms with van der Waals surface area (Å²) < 4.78 is 26.3. The smallest absolute Gasteiger partial charge is 0.146 e. The molecule has 1 rings (SSSR count). The summed E-state index contributed by atoms with van der Waals surface area (Å²) in [4.78, 5) is 1.62. The van der Waals surface area contributed by atoms with Gasteiger partial charge in [0.15, 0.2) is 0 Å². The lowest BCUT2D eigenvalue weighted by Gasteiger charge is -2.23. The van der Waals surface area contributed by atoms with E-state index in [1.165, 1.54) is 0 Å². The molecule has 0 bridgehead atoms. The number of hydrogen-bond acceptors (Lipinski definition) is 1. The second-order valence-corrected chi connectivity index (χ2v) is 3.72. The van der Waals surface area contributed by atoms with Crippen molar-refractivity contribution in [3.05, 3.63) is 29.8 Å². The van der Waals surface area contributed by atoms with E-state index in [4.69, 9.17) is 23.2 Å². The molecular formula is C10H12Cl3F2N. The van der Waals surface area contributed by atoms with Gasteiger partial charge in [0.1, 0.15) is 11.6 Å². The van der Waals surface area contributed by atoms with E-state index >= 15 is 0 Å². The van der Waals surface area contributed by atoms with E-state index in [1.807, 2.05) is 0 Å². The summed E-state index contributed by atoms with van der Waals surface area (Å²) in [6.07, 6.45) is 0. The van der Waals surface area contributed by atoms with Gasteiger partial charge in [0.05, 0.1) is 5.69 Å². The maximum Gasteiger partial charge on any atom is 0.146 e. The predicted octanol–water partition coefficient (Wildman–Crippen LogP) is 3.67. The van der Waals surface area contributed by atoms with E-state index in [0.29, 0.717) is 24.8 Å². The Balaban J connectivity index is 0.00000225. The van der Waals surface area contributed by atoms with Crippen LogP contribution in [0.3, 0.4) is 0 Å². The minimum absolute atomic E-state index is 0. The van der Waals surface area contributed by atoms with E-state index < -0.39 is 11.6 Å². The largest absolute Gasteiger partial charge is 0.367 e. The first kappa shape index (κ1) is 15.8. The van der Waals surface area contributed by atoms with Crippen molar-refractivity contribution >= 4 is 41.3 Å². The molecule has 0 saturated carbocycles. The Morgan fingerprint density at radius 2 is 1.62 bits per heavy atom. The molecule has 0 saturated heterocycles. The number of benzene rings is 1. The Hall–Kier alpha value is -0.250. The molecule has 0 fully saturated rings. The first-order chi connectivity index (χ1) is 7.19. The van der Waals surface area contributed by atoms with E-state index in [-0.39, 0.29) is 18.1 Å². The average Bonchev–Trinajstić information content (AvgIpc) is 2.21. The number of alkyl halides is 2. The summed E-state index contributed by atoms with van der Waals surface area (Å²) in [5, 5.41) is 0. The van der Waals surface area contributed by atoms with Gasteiger partial charge in [-0.05, 0) is 12.1 Å². The second kappa shape index (κ2) is 7.93. The van der Waals surface area contributed by atoms with Crippen LogP contribution in [-0.4, -0.2) is 24.8 Å². The molecule has 1 aromatic rings. The predicted molar refractivity (Wildman–Crippen MR) is 67.3 cm³/mol. The Bertz CT molecular complexity index is 317. The highest BCUT2D eigenvalue weighted by molar-refractivity contribution is 6.18. The maximum absolute atomic E-state index is 13.4. The van der Waals surface area contributed by atoms with Crippen LogP contribution >= 0.6 is 35.6 Å². The standard InChI is InChI=1S/C10H11Cl2F2N.ClH/c11-3-5-15(6-4-12)10-7-8(13)1-2-9(10)14;/h1-2,7H,3-6H2;1H. The zero-order valence-electron chi connectivity index (χ0n) is 8.43. The van der Waals surface area contributed by atoms with Crippen molar-refractivity contribution in [3.63, 3.8) is 0 Å². The van der Waals surface area contributed by atoms with Crippen molar-refractivity contribution in [1.82, 2.24) is 0 Å². The van der Waals surface area contributed by atoms with Gasteiger partial charge in [-0.15, -0.1) is 35.6 Å². The van der Waals surface area contributed by atoms with Crippen LogP contribution in [0.25, 0.3) is 0 Å². The van der Waals surface area contributed by atoms with Crippen molar-refractivity contribution in [3.8, 4) is 0 Å². The van der Waals surface area contributed by atoms with Gasteiger partial charge in [-0.3, -0.25) is 0 Å². The molecule has 0 N–H and O–H groups in total.